The Morgan fingerprint density at radius 1 is 1.47 bits per heavy atom. The number of halogens is 1. The summed E-state index contributed by atoms with van der Waals surface area (Å²) < 4.78 is 20.2. The molecule has 1 N–H and O–H groups in total. The molecule has 0 amide bonds. The van der Waals surface area contributed by atoms with Crippen molar-refractivity contribution in [3.63, 3.8) is 0 Å². The predicted molar refractivity (Wildman–Crippen MR) is 65.6 cm³/mol. The van der Waals surface area contributed by atoms with Crippen molar-refractivity contribution in [2.24, 2.45) is 0 Å². The van der Waals surface area contributed by atoms with Crippen LogP contribution in [0.1, 0.15) is 23.2 Å². The van der Waals surface area contributed by atoms with Crippen LogP contribution < -0.4 is 4.74 Å². The second-order valence-electron chi connectivity index (χ2n) is 3.83. The molecule has 2 rings (SSSR count). The van der Waals surface area contributed by atoms with E-state index in [-0.39, 0.29) is 18.1 Å². The summed E-state index contributed by atoms with van der Waals surface area (Å²) in [5, 5.41) is 8.98. The monoisotopic (exact) mass is 264 g/mol. The topological polar surface area (TPSA) is 64.4 Å². The third-order valence-electron chi connectivity index (χ3n) is 2.67. The largest absolute Gasteiger partial charge is 0.483 e. The summed E-state index contributed by atoms with van der Waals surface area (Å²) in [7, 11) is 0. The van der Waals surface area contributed by atoms with E-state index < -0.39 is 11.8 Å². The maximum Gasteiger partial charge on any atom is 0.354 e. The molecule has 0 aliphatic carbocycles. The van der Waals surface area contributed by atoms with Crippen molar-refractivity contribution in [1.29, 1.82) is 0 Å². The molecule has 0 aliphatic rings. The molecule has 100 valence electrons. The van der Waals surface area contributed by atoms with E-state index in [1.807, 2.05) is 0 Å². The zero-order chi connectivity index (χ0) is 13.8. The summed E-state index contributed by atoms with van der Waals surface area (Å²) in [4.78, 5) is 14.9. The van der Waals surface area contributed by atoms with Crippen LogP contribution in [0.15, 0.2) is 30.5 Å². The molecule has 2 aromatic rings. The van der Waals surface area contributed by atoms with Crippen molar-refractivity contribution in [1.82, 2.24) is 9.55 Å². The quantitative estimate of drug-likeness (QED) is 0.900. The van der Waals surface area contributed by atoms with Crippen molar-refractivity contribution < 1.29 is 19.0 Å². The van der Waals surface area contributed by atoms with Crippen LogP contribution in [-0.2, 0) is 13.2 Å². The summed E-state index contributed by atoms with van der Waals surface area (Å²) >= 11 is 0. The van der Waals surface area contributed by atoms with Gasteiger partial charge in [-0.05, 0) is 19.1 Å². The zero-order valence-corrected chi connectivity index (χ0v) is 10.3. The highest BCUT2D eigenvalue weighted by Crippen LogP contribution is 2.17. The molecule has 1 heterocycles. The Morgan fingerprint density at radius 3 is 2.84 bits per heavy atom. The van der Waals surface area contributed by atoms with Crippen LogP contribution >= 0.6 is 0 Å². The Kier molecular flexibility index (Phi) is 3.79. The van der Waals surface area contributed by atoms with E-state index >= 15 is 0 Å². The lowest BCUT2D eigenvalue weighted by molar-refractivity contribution is 0.0684. The van der Waals surface area contributed by atoms with Gasteiger partial charge in [0.15, 0.2) is 11.6 Å². The highest BCUT2D eigenvalue weighted by molar-refractivity contribution is 5.85. The molecule has 1 aromatic carbocycles. The first-order chi connectivity index (χ1) is 9.13. The Bertz CT molecular complexity index is 595. The smallest absolute Gasteiger partial charge is 0.354 e. The number of aromatic nitrogens is 2. The van der Waals surface area contributed by atoms with Crippen LogP contribution in [0.2, 0.25) is 0 Å². The summed E-state index contributed by atoms with van der Waals surface area (Å²) in [6.45, 7) is 2.28. The van der Waals surface area contributed by atoms with E-state index in [1.165, 1.54) is 22.9 Å². The van der Waals surface area contributed by atoms with E-state index in [4.69, 9.17) is 9.84 Å². The number of aromatic carboxylic acids is 1. The SMILES string of the molecule is CCn1c(C(=O)O)cnc1COc1ccccc1F. The van der Waals surface area contributed by atoms with Crippen molar-refractivity contribution in [2.75, 3.05) is 0 Å². The van der Waals surface area contributed by atoms with Crippen LogP contribution in [-0.4, -0.2) is 20.6 Å². The van der Waals surface area contributed by atoms with Crippen LogP contribution in [0.25, 0.3) is 0 Å². The molecular formula is C13H13FN2O3. The molecule has 0 atom stereocenters. The van der Waals surface area contributed by atoms with Crippen molar-refractivity contribution in [3.05, 3.63) is 47.8 Å². The van der Waals surface area contributed by atoms with E-state index in [9.17, 15) is 9.18 Å². The second kappa shape index (κ2) is 5.51. The number of carbonyl (C=O) groups is 1. The molecule has 0 unspecified atom stereocenters. The van der Waals surface area contributed by atoms with Gasteiger partial charge in [0.25, 0.3) is 0 Å². The highest BCUT2D eigenvalue weighted by Gasteiger charge is 2.15. The molecule has 6 heteroatoms. The highest BCUT2D eigenvalue weighted by atomic mass is 19.1. The van der Waals surface area contributed by atoms with Gasteiger partial charge in [0.05, 0.1) is 6.20 Å². The van der Waals surface area contributed by atoms with Crippen molar-refractivity contribution >= 4 is 5.97 Å². The predicted octanol–water partition coefficient (Wildman–Crippen LogP) is 2.32. The molecule has 0 saturated heterocycles. The van der Waals surface area contributed by atoms with Gasteiger partial charge in [-0.25, -0.2) is 14.2 Å². The van der Waals surface area contributed by atoms with E-state index in [1.54, 1.807) is 19.1 Å². The van der Waals surface area contributed by atoms with Gasteiger partial charge >= 0.3 is 5.97 Å². The molecule has 0 spiro atoms. The minimum absolute atomic E-state index is 0.0159. The van der Waals surface area contributed by atoms with Crippen LogP contribution in [0.4, 0.5) is 4.39 Å². The van der Waals surface area contributed by atoms with Crippen LogP contribution in [0, 0.1) is 5.82 Å². The van der Waals surface area contributed by atoms with E-state index in [2.05, 4.69) is 4.98 Å². The number of ether oxygens (including phenoxy) is 1. The fourth-order valence-corrected chi connectivity index (χ4v) is 1.76. The molecule has 0 saturated carbocycles. The number of para-hydroxylation sites is 1. The molecule has 19 heavy (non-hydrogen) atoms. The number of imidazole rings is 1. The van der Waals surface area contributed by atoms with Crippen LogP contribution in [0.3, 0.4) is 0 Å². The molecule has 1 aromatic heterocycles. The number of hydrogen-bond donors (Lipinski definition) is 1. The normalized spacial score (nSPS) is 10.4. The van der Waals surface area contributed by atoms with Gasteiger partial charge in [-0.1, -0.05) is 12.1 Å². The summed E-state index contributed by atoms with van der Waals surface area (Å²) in [6.07, 6.45) is 1.27. The average Bonchev–Trinajstić information content (AvgIpc) is 2.81. The van der Waals surface area contributed by atoms with Crippen molar-refractivity contribution in [2.45, 2.75) is 20.1 Å². The Labute approximate surface area is 109 Å². The number of carboxylic acid groups (broad SMARTS) is 1. The van der Waals surface area contributed by atoms with Gasteiger partial charge in [-0.15, -0.1) is 0 Å². The number of benzene rings is 1. The fourth-order valence-electron chi connectivity index (χ4n) is 1.76. The van der Waals surface area contributed by atoms with E-state index in [0.717, 1.165) is 0 Å². The Balaban J connectivity index is 2.16. The maximum absolute atomic E-state index is 13.4. The fraction of sp³-hybridized carbons (Fsp3) is 0.231. The van der Waals surface area contributed by atoms with Gasteiger partial charge < -0.3 is 14.4 Å². The molecular weight excluding hydrogens is 251 g/mol. The van der Waals surface area contributed by atoms with Crippen LogP contribution in [0.5, 0.6) is 5.75 Å². The first-order valence-corrected chi connectivity index (χ1v) is 5.78. The molecule has 5 nitrogen and oxygen atoms in total. The minimum atomic E-state index is -1.05. The van der Waals surface area contributed by atoms with Gasteiger partial charge in [0.1, 0.15) is 18.1 Å². The number of hydrogen-bond acceptors (Lipinski definition) is 3. The van der Waals surface area contributed by atoms with Gasteiger partial charge in [-0.2, -0.15) is 0 Å². The third-order valence-corrected chi connectivity index (χ3v) is 2.67. The third kappa shape index (κ3) is 2.73. The Morgan fingerprint density at radius 2 is 2.21 bits per heavy atom. The molecule has 0 radical (unpaired) electrons. The second-order valence-corrected chi connectivity index (χ2v) is 3.83. The lowest BCUT2D eigenvalue weighted by Crippen LogP contribution is -2.12. The van der Waals surface area contributed by atoms with Crippen molar-refractivity contribution in [3.8, 4) is 5.75 Å². The number of nitrogens with zero attached hydrogens (tertiary/aromatic N) is 2. The van der Waals surface area contributed by atoms with Gasteiger partial charge in [0, 0.05) is 6.54 Å². The lowest BCUT2D eigenvalue weighted by Gasteiger charge is -2.09. The zero-order valence-electron chi connectivity index (χ0n) is 10.3. The summed E-state index contributed by atoms with van der Waals surface area (Å²) in [5.41, 5.74) is 0.0923. The van der Waals surface area contributed by atoms with Gasteiger partial charge in [-0.3, -0.25) is 0 Å². The van der Waals surface area contributed by atoms with E-state index in [0.29, 0.717) is 12.4 Å². The first kappa shape index (κ1) is 13.1. The maximum atomic E-state index is 13.4. The molecule has 0 bridgehead atoms. The number of carboxylic acids is 1. The minimum Gasteiger partial charge on any atom is -0.483 e. The standard InChI is InChI=1S/C13H13FN2O3/c1-2-16-10(13(17)18)7-15-12(16)8-19-11-6-4-3-5-9(11)14/h3-7H,2,8H2,1H3,(H,17,18). The number of rotatable bonds is 5. The summed E-state index contributed by atoms with van der Waals surface area (Å²) in [5.74, 6) is -0.949. The van der Waals surface area contributed by atoms with Gasteiger partial charge in [0.2, 0.25) is 0 Å². The first-order valence-electron chi connectivity index (χ1n) is 5.78. The molecule has 0 fully saturated rings. The lowest BCUT2D eigenvalue weighted by atomic mass is 10.3. The Hall–Kier alpha value is -2.37. The molecule has 0 aliphatic heterocycles. The average molecular weight is 264 g/mol. The summed E-state index contributed by atoms with van der Waals surface area (Å²) in [6, 6.07) is 6.03.